The molecule has 5 heteroatoms. The zero-order valence-corrected chi connectivity index (χ0v) is 8.80. The minimum atomic E-state index is -4.30. The third-order valence-corrected chi connectivity index (χ3v) is 2.80. The molecule has 0 spiro atoms. The van der Waals surface area contributed by atoms with E-state index in [-0.39, 0.29) is 5.69 Å². The first-order valence-electron chi connectivity index (χ1n) is 5.35. The SMILES string of the molecule is FC(F)(F)c1ccncc1N1CCCCC1. The van der Waals surface area contributed by atoms with Gasteiger partial charge in [0.1, 0.15) is 0 Å². The molecule has 0 unspecified atom stereocenters. The van der Waals surface area contributed by atoms with Crippen LogP contribution in [0.25, 0.3) is 0 Å². The highest BCUT2D eigenvalue weighted by Gasteiger charge is 2.35. The zero-order valence-electron chi connectivity index (χ0n) is 8.80. The number of hydrogen-bond acceptors (Lipinski definition) is 2. The Morgan fingerprint density at radius 3 is 2.44 bits per heavy atom. The zero-order chi connectivity index (χ0) is 11.6. The Kier molecular flexibility index (Phi) is 3.03. The number of aromatic nitrogens is 1. The average molecular weight is 230 g/mol. The quantitative estimate of drug-likeness (QED) is 0.737. The summed E-state index contributed by atoms with van der Waals surface area (Å²) in [6.45, 7) is 1.38. The van der Waals surface area contributed by atoms with Crippen molar-refractivity contribution < 1.29 is 13.2 Å². The molecule has 1 saturated heterocycles. The van der Waals surface area contributed by atoms with Crippen molar-refractivity contribution in [2.75, 3.05) is 18.0 Å². The Morgan fingerprint density at radius 2 is 1.81 bits per heavy atom. The van der Waals surface area contributed by atoms with Crippen LogP contribution < -0.4 is 4.90 Å². The summed E-state index contributed by atoms with van der Waals surface area (Å²) in [6.07, 6.45) is 1.20. The predicted octanol–water partition coefficient (Wildman–Crippen LogP) is 3.09. The van der Waals surface area contributed by atoms with E-state index in [0.717, 1.165) is 25.3 Å². The lowest BCUT2D eigenvalue weighted by molar-refractivity contribution is -0.137. The van der Waals surface area contributed by atoms with Crippen molar-refractivity contribution in [3.63, 3.8) is 0 Å². The molecule has 1 aromatic rings. The Balaban J connectivity index is 2.32. The maximum atomic E-state index is 12.7. The van der Waals surface area contributed by atoms with Crippen LogP contribution in [-0.2, 0) is 6.18 Å². The van der Waals surface area contributed by atoms with Gasteiger partial charge in [-0.15, -0.1) is 0 Å². The van der Waals surface area contributed by atoms with Crippen molar-refractivity contribution >= 4 is 5.69 Å². The molecule has 0 amide bonds. The lowest BCUT2D eigenvalue weighted by Gasteiger charge is -2.30. The van der Waals surface area contributed by atoms with E-state index in [1.54, 1.807) is 4.90 Å². The average Bonchev–Trinajstić information content (AvgIpc) is 2.29. The number of rotatable bonds is 1. The topological polar surface area (TPSA) is 16.1 Å². The molecule has 1 aliphatic rings. The van der Waals surface area contributed by atoms with Gasteiger partial charge in [0.25, 0.3) is 0 Å². The molecule has 16 heavy (non-hydrogen) atoms. The first-order chi connectivity index (χ1) is 7.59. The van der Waals surface area contributed by atoms with Crippen LogP contribution >= 0.6 is 0 Å². The first-order valence-corrected chi connectivity index (χ1v) is 5.35. The van der Waals surface area contributed by atoms with Crippen LogP contribution in [0.15, 0.2) is 18.5 Å². The molecule has 2 rings (SSSR count). The number of nitrogens with zero attached hydrogens (tertiary/aromatic N) is 2. The maximum Gasteiger partial charge on any atom is 0.418 e. The highest BCUT2D eigenvalue weighted by molar-refractivity contribution is 5.53. The third kappa shape index (κ3) is 2.28. The van der Waals surface area contributed by atoms with E-state index >= 15 is 0 Å². The van der Waals surface area contributed by atoms with Gasteiger partial charge in [-0.05, 0) is 25.3 Å². The number of alkyl halides is 3. The van der Waals surface area contributed by atoms with E-state index in [1.165, 1.54) is 12.4 Å². The summed E-state index contributed by atoms with van der Waals surface area (Å²) >= 11 is 0. The van der Waals surface area contributed by atoms with Crippen molar-refractivity contribution in [1.82, 2.24) is 4.98 Å². The minimum Gasteiger partial charge on any atom is -0.370 e. The third-order valence-electron chi connectivity index (χ3n) is 2.80. The summed E-state index contributed by atoms with van der Waals surface area (Å²) in [4.78, 5) is 5.57. The van der Waals surface area contributed by atoms with Gasteiger partial charge in [0.2, 0.25) is 0 Å². The monoisotopic (exact) mass is 230 g/mol. The van der Waals surface area contributed by atoms with Crippen LogP contribution in [0.4, 0.5) is 18.9 Å². The summed E-state index contributed by atoms with van der Waals surface area (Å²) in [5.74, 6) is 0. The second-order valence-electron chi connectivity index (χ2n) is 3.94. The molecule has 0 saturated carbocycles. The maximum absolute atomic E-state index is 12.7. The van der Waals surface area contributed by atoms with Gasteiger partial charge < -0.3 is 4.90 Å². The van der Waals surface area contributed by atoms with E-state index in [2.05, 4.69) is 4.98 Å². The summed E-state index contributed by atoms with van der Waals surface area (Å²) in [5.41, 5.74) is -0.362. The van der Waals surface area contributed by atoms with E-state index in [4.69, 9.17) is 0 Å². The molecule has 1 aromatic heterocycles. The molecule has 2 nitrogen and oxygen atoms in total. The van der Waals surface area contributed by atoms with Crippen LogP contribution in [0.2, 0.25) is 0 Å². The van der Waals surface area contributed by atoms with Gasteiger partial charge >= 0.3 is 6.18 Å². The van der Waals surface area contributed by atoms with Gasteiger partial charge in [-0.1, -0.05) is 0 Å². The van der Waals surface area contributed by atoms with Crippen molar-refractivity contribution in [2.24, 2.45) is 0 Å². The van der Waals surface area contributed by atoms with Crippen molar-refractivity contribution in [2.45, 2.75) is 25.4 Å². The molecule has 0 atom stereocenters. The highest BCUT2D eigenvalue weighted by Crippen LogP contribution is 2.36. The second-order valence-corrected chi connectivity index (χ2v) is 3.94. The van der Waals surface area contributed by atoms with Crippen molar-refractivity contribution in [1.29, 1.82) is 0 Å². The molecule has 0 aliphatic carbocycles. The van der Waals surface area contributed by atoms with Crippen LogP contribution in [-0.4, -0.2) is 18.1 Å². The Bertz CT molecular complexity index is 356. The van der Waals surface area contributed by atoms with Crippen molar-refractivity contribution in [3.8, 4) is 0 Å². The Morgan fingerprint density at radius 1 is 1.12 bits per heavy atom. The summed E-state index contributed by atoms with van der Waals surface area (Å²) < 4.78 is 38.2. The molecule has 1 fully saturated rings. The molecule has 0 bridgehead atoms. The highest BCUT2D eigenvalue weighted by atomic mass is 19.4. The lowest BCUT2D eigenvalue weighted by Crippen LogP contribution is -2.31. The van der Waals surface area contributed by atoms with Gasteiger partial charge in [-0.3, -0.25) is 4.98 Å². The number of pyridine rings is 1. The summed E-state index contributed by atoms with van der Waals surface area (Å²) in [7, 11) is 0. The van der Waals surface area contributed by atoms with Gasteiger partial charge in [0.05, 0.1) is 17.4 Å². The van der Waals surface area contributed by atoms with Gasteiger partial charge in [0.15, 0.2) is 0 Å². The van der Waals surface area contributed by atoms with Crippen LogP contribution in [0.5, 0.6) is 0 Å². The molecule has 0 aromatic carbocycles. The number of anilines is 1. The van der Waals surface area contributed by atoms with E-state index in [9.17, 15) is 13.2 Å². The Hall–Kier alpha value is -1.26. The first kappa shape index (κ1) is 11.2. The molecule has 1 aliphatic heterocycles. The number of halogens is 3. The largest absolute Gasteiger partial charge is 0.418 e. The Labute approximate surface area is 92.1 Å². The van der Waals surface area contributed by atoms with E-state index in [1.807, 2.05) is 0 Å². The van der Waals surface area contributed by atoms with Gasteiger partial charge in [-0.2, -0.15) is 13.2 Å². The summed E-state index contributed by atoms with van der Waals surface area (Å²) in [5, 5.41) is 0. The smallest absolute Gasteiger partial charge is 0.370 e. The van der Waals surface area contributed by atoms with Gasteiger partial charge in [-0.25, -0.2) is 0 Å². The second kappa shape index (κ2) is 4.31. The van der Waals surface area contributed by atoms with E-state index in [0.29, 0.717) is 13.1 Å². The molecule has 2 heterocycles. The standard InChI is InChI=1S/C11H13F3N2/c12-11(13,14)9-4-5-15-8-10(9)16-6-2-1-3-7-16/h4-5,8H,1-3,6-7H2. The van der Waals surface area contributed by atoms with Crippen LogP contribution in [0.3, 0.4) is 0 Å². The normalized spacial score (nSPS) is 17.6. The minimum absolute atomic E-state index is 0.217. The van der Waals surface area contributed by atoms with Crippen LogP contribution in [0.1, 0.15) is 24.8 Å². The molecular weight excluding hydrogens is 217 g/mol. The molecule has 0 radical (unpaired) electrons. The molecule has 88 valence electrons. The van der Waals surface area contributed by atoms with E-state index < -0.39 is 11.7 Å². The fourth-order valence-electron chi connectivity index (χ4n) is 2.01. The van der Waals surface area contributed by atoms with Gasteiger partial charge in [0, 0.05) is 19.3 Å². The fraction of sp³-hybridized carbons (Fsp3) is 0.545. The van der Waals surface area contributed by atoms with Crippen LogP contribution in [0, 0.1) is 0 Å². The predicted molar refractivity (Wildman–Crippen MR) is 55.3 cm³/mol. The summed E-state index contributed by atoms with van der Waals surface area (Å²) in [6, 6.07) is 1.05. The fourth-order valence-corrected chi connectivity index (χ4v) is 2.01. The van der Waals surface area contributed by atoms with Crippen molar-refractivity contribution in [3.05, 3.63) is 24.0 Å². The lowest BCUT2D eigenvalue weighted by atomic mass is 10.1. The molecular formula is C11H13F3N2. The number of hydrogen-bond donors (Lipinski definition) is 0. The molecule has 0 N–H and O–H groups in total. The number of piperidine rings is 1.